The van der Waals surface area contributed by atoms with Crippen LogP contribution in [0.4, 0.5) is 11.6 Å². The highest BCUT2D eigenvalue weighted by atomic mass is 16.6. The van der Waals surface area contributed by atoms with E-state index in [1.54, 1.807) is 11.6 Å². The summed E-state index contributed by atoms with van der Waals surface area (Å²) < 4.78 is 1.71. The Kier molecular flexibility index (Phi) is 3.01. The van der Waals surface area contributed by atoms with Gasteiger partial charge >= 0.3 is 5.82 Å². The zero-order chi connectivity index (χ0) is 12.6. The molecule has 7 heteroatoms. The maximum atomic E-state index is 10.9. The Bertz CT molecular complexity index is 420. The maximum absolute atomic E-state index is 10.9. The average molecular weight is 239 g/mol. The lowest BCUT2D eigenvalue weighted by Crippen LogP contribution is -2.54. The third kappa shape index (κ3) is 2.23. The standard InChI is InChI=1S/C10H17N5O2/c1-7-4-14(5-8(2)12-7)10-9(15(16)17)11-6-13(10)3/h6-8,12H,4-5H2,1-3H3. The highest BCUT2D eigenvalue weighted by Crippen LogP contribution is 2.27. The molecule has 7 nitrogen and oxygen atoms in total. The minimum absolute atomic E-state index is 0.0613. The number of nitrogens with one attached hydrogen (secondary N) is 1. The average Bonchev–Trinajstić information content (AvgIpc) is 2.58. The fourth-order valence-electron chi connectivity index (χ4n) is 2.40. The molecule has 1 aliphatic heterocycles. The molecule has 1 N–H and O–H groups in total. The van der Waals surface area contributed by atoms with Crippen molar-refractivity contribution in [2.24, 2.45) is 7.05 Å². The van der Waals surface area contributed by atoms with Gasteiger partial charge in [-0.2, -0.15) is 0 Å². The Morgan fingerprint density at radius 2 is 2.06 bits per heavy atom. The molecule has 0 radical (unpaired) electrons. The van der Waals surface area contributed by atoms with Crippen molar-refractivity contribution in [1.82, 2.24) is 14.9 Å². The smallest absolute Gasteiger partial charge is 0.358 e. The second kappa shape index (κ2) is 4.33. The summed E-state index contributed by atoms with van der Waals surface area (Å²) in [6.45, 7) is 5.66. The van der Waals surface area contributed by atoms with E-state index in [9.17, 15) is 10.1 Å². The van der Waals surface area contributed by atoms with E-state index in [2.05, 4.69) is 24.1 Å². The predicted octanol–water partition coefficient (Wildman–Crippen LogP) is 0.515. The van der Waals surface area contributed by atoms with E-state index in [0.29, 0.717) is 17.9 Å². The van der Waals surface area contributed by atoms with E-state index in [1.165, 1.54) is 6.33 Å². The van der Waals surface area contributed by atoms with E-state index in [-0.39, 0.29) is 5.82 Å². The van der Waals surface area contributed by atoms with Crippen molar-refractivity contribution in [2.75, 3.05) is 18.0 Å². The number of aryl methyl sites for hydroxylation is 1. The van der Waals surface area contributed by atoms with Crippen LogP contribution in [-0.4, -0.2) is 39.6 Å². The molecule has 2 rings (SSSR count). The normalized spacial score (nSPS) is 25.0. The summed E-state index contributed by atoms with van der Waals surface area (Å²) >= 11 is 0. The van der Waals surface area contributed by atoms with Crippen LogP contribution < -0.4 is 10.2 Å². The molecule has 2 unspecified atom stereocenters. The van der Waals surface area contributed by atoms with Crippen LogP contribution in [-0.2, 0) is 7.05 Å². The topological polar surface area (TPSA) is 76.2 Å². The minimum atomic E-state index is -0.424. The molecule has 1 aromatic heterocycles. The largest absolute Gasteiger partial charge is 0.406 e. The number of aromatic nitrogens is 2. The lowest BCUT2D eigenvalue weighted by atomic mass is 10.1. The predicted molar refractivity (Wildman–Crippen MR) is 64.1 cm³/mol. The molecule has 0 aromatic carbocycles. The Morgan fingerprint density at radius 1 is 1.47 bits per heavy atom. The molecular formula is C10H17N5O2. The van der Waals surface area contributed by atoms with Crippen molar-refractivity contribution in [2.45, 2.75) is 25.9 Å². The fourth-order valence-corrected chi connectivity index (χ4v) is 2.40. The third-order valence-electron chi connectivity index (χ3n) is 2.92. The van der Waals surface area contributed by atoms with Crippen molar-refractivity contribution in [3.63, 3.8) is 0 Å². The zero-order valence-electron chi connectivity index (χ0n) is 10.3. The van der Waals surface area contributed by atoms with E-state index in [0.717, 1.165) is 13.1 Å². The number of rotatable bonds is 2. The molecular weight excluding hydrogens is 222 g/mol. The van der Waals surface area contributed by atoms with Gasteiger partial charge in [-0.3, -0.25) is 4.57 Å². The van der Waals surface area contributed by atoms with Crippen LogP contribution in [0.1, 0.15) is 13.8 Å². The highest BCUT2D eigenvalue weighted by molar-refractivity contribution is 5.55. The molecule has 1 saturated heterocycles. The van der Waals surface area contributed by atoms with Gasteiger partial charge in [-0.05, 0) is 23.8 Å². The fraction of sp³-hybridized carbons (Fsp3) is 0.700. The monoisotopic (exact) mass is 239 g/mol. The summed E-state index contributed by atoms with van der Waals surface area (Å²) in [5, 5.41) is 14.3. The minimum Gasteiger partial charge on any atom is -0.358 e. The van der Waals surface area contributed by atoms with Crippen LogP contribution in [0.5, 0.6) is 0 Å². The number of piperazine rings is 1. The van der Waals surface area contributed by atoms with Gasteiger partial charge in [0.1, 0.15) is 0 Å². The number of hydrogen-bond acceptors (Lipinski definition) is 5. The molecule has 1 aliphatic rings. The van der Waals surface area contributed by atoms with Gasteiger partial charge in [0.05, 0.1) is 0 Å². The second-order valence-corrected chi connectivity index (χ2v) is 4.63. The Hall–Kier alpha value is -1.63. The maximum Gasteiger partial charge on any atom is 0.406 e. The van der Waals surface area contributed by atoms with Gasteiger partial charge in [0.2, 0.25) is 12.1 Å². The van der Waals surface area contributed by atoms with Crippen LogP contribution in [0.25, 0.3) is 0 Å². The number of nitrogens with zero attached hydrogens (tertiary/aromatic N) is 4. The Labute approximate surface area is 99.6 Å². The Morgan fingerprint density at radius 3 is 2.59 bits per heavy atom. The van der Waals surface area contributed by atoms with Gasteiger partial charge in [0.15, 0.2) is 0 Å². The van der Waals surface area contributed by atoms with Crippen molar-refractivity contribution in [1.29, 1.82) is 0 Å². The molecule has 94 valence electrons. The van der Waals surface area contributed by atoms with E-state index in [4.69, 9.17) is 0 Å². The van der Waals surface area contributed by atoms with Crippen molar-refractivity contribution in [3.05, 3.63) is 16.4 Å². The van der Waals surface area contributed by atoms with E-state index >= 15 is 0 Å². The van der Waals surface area contributed by atoms with Crippen molar-refractivity contribution >= 4 is 11.6 Å². The number of anilines is 1. The van der Waals surface area contributed by atoms with Crippen LogP contribution in [0.2, 0.25) is 0 Å². The first-order chi connectivity index (χ1) is 7.99. The first-order valence-corrected chi connectivity index (χ1v) is 5.65. The molecule has 17 heavy (non-hydrogen) atoms. The molecule has 0 bridgehead atoms. The lowest BCUT2D eigenvalue weighted by molar-refractivity contribution is -0.388. The number of hydrogen-bond donors (Lipinski definition) is 1. The molecule has 0 spiro atoms. The van der Waals surface area contributed by atoms with Crippen LogP contribution in [0.15, 0.2) is 6.33 Å². The molecule has 0 amide bonds. The number of imidazole rings is 1. The van der Waals surface area contributed by atoms with Gasteiger partial charge in [-0.25, -0.2) is 0 Å². The molecule has 0 aliphatic carbocycles. The molecule has 1 fully saturated rings. The van der Waals surface area contributed by atoms with Gasteiger partial charge in [-0.1, -0.05) is 0 Å². The molecule has 2 atom stereocenters. The summed E-state index contributed by atoms with van der Waals surface area (Å²) in [5.41, 5.74) is 0. The summed E-state index contributed by atoms with van der Waals surface area (Å²) in [7, 11) is 1.78. The first-order valence-electron chi connectivity index (χ1n) is 5.65. The van der Waals surface area contributed by atoms with E-state index in [1.807, 2.05) is 4.90 Å². The lowest BCUT2D eigenvalue weighted by Gasteiger charge is -2.36. The van der Waals surface area contributed by atoms with E-state index < -0.39 is 4.92 Å². The second-order valence-electron chi connectivity index (χ2n) is 4.63. The van der Waals surface area contributed by atoms with Gasteiger partial charge in [-0.15, -0.1) is 0 Å². The zero-order valence-corrected chi connectivity index (χ0v) is 10.3. The van der Waals surface area contributed by atoms with Crippen molar-refractivity contribution in [3.8, 4) is 0 Å². The van der Waals surface area contributed by atoms with Crippen LogP contribution in [0, 0.1) is 10.1 Å². The van der Waals surface area contributed by atoms with Crippen molar-refractivity contribution < 1.29 is 4.92 Å². The van der Waals surface area contributed by atoms with Gasteiger partial charge in [0, 0.05) is 32.2 Å². The Balaban J connectivity index is 2.32. The molecule has 1 aromatic rings. The van der Waals surface area contributed by atoms with Gasteiger partial charge < -0.3 is 20.3 Å². The summed E-state index contributed by atoms with van der Waals surface area (Å²) in [6, 6.07) is 0.626. The van der Waals surface area contributed by atoms with Crippen LogP contribution >= 0.6 is 0 Å². The molecule has 0 saturated carbocycles. The molecule has 2 heterocycles. The quantitative estimate of drug-likeness (QED) is 0.601. The first kappa shape index (κ1) is 11.8. The summed E-state index contributed by atoms with van der Waals surface area (Å²) in [4.78, 5) is 16.4. The number of nitro groups is 1. The SMILES string of the molecule is CC1CN(c2c([N+](=O)[O-])ncn2C)CC(C)N1. The third-order valence-corrected chi connectivity index (χ3v) is 2.92. The van der Waals surface area contributed by atoms with Crippen LogP contribution in [0.3, 0.4) is 0 Å². The highest BCUT2D eigenvalue weighted by Gasteiger charge is 2.30. The van der Waals surface area contributed by atoms with Gasteiger partial charge in [0.25, 0.3) is 0 Å². The summed E-state index contributed by atoms with van der Waals surface area (Å²) in [5.74, 6) is 0.531. The summed E-state index contributed by atoms with van der Waals surface area (Å²) in [6.07, 6.45) is 1.49.